The van der Waals surface area contributed by atoms with Crippen LogP contribution in [0.4, 0.5) is 0 Å². The zero-order chi connectivity index (χ0) is 26.1. The lowest BCUT2D eigenvalue weighted by Crippen LogP contribution is -2.71. The first-order valence-electron chi connectivity index (χ1n) is 14.8. The Labute approximate surface area is 218 Å². The molecule has 0 N–H and O–H groups in total. The molecule has 4 saturated carbocycles. The summed E-state index contributed by atoms with van der Waals surface area (Å²) in [7, 11) is 0. The van der Waals surface area contributed by atoms with Gasteiger partial charge in [0.2, 0.25) is 0 Å². The maximum Gasteiger partial charge on any atom is 0.313 e. The third kappa shape index (κ3) is 2.58. The number of ether oxygens (including phenoxy) is 2. The van der Waals surface area contributed by atoms with E-state index in [1.54, 1.807) is 6.92 Å². The molecule has 0 radical (unpaired) electrons. The molecule has 6 aliphatic rings. The first-order chi connectivity index (χ1) is 16.7. The molecule has 0 amide bonds. The van der Waals surface area contributed by atoms with Crippen LogP contribution in [-0.2, 0) is 19.1 Å². The van der Waals surface area contributed by atoms with E-state index in [0.717, 1.165) is 51.4 Å². The van der Waals surface area contributed by atoms with Crippen molar-refractivity contribution < 1.29 is 19.1 Å². The molecule has 5 aliphatic carbocycles. The fourth-order valence-corrected chi connectivity index (χ4v) is 11.8. The van der Waals surface area contributed by atoms with Crippen LogP contribution in [0, 0.1) is 56.7 Å². The van der Waals surface area contributed by atoms with Crippen molar-refractivity contribution in [3.63, 3.8) is 0 Å². The molecule has 4 heteroatoms. The molecule has 5 fully saturated rings. The Bertz CT molecular complexity index is 1030. The largest absolute Gasteiger partial charge is 0.462 e. The van der Waals surface area contributed by atoms with Gasteiger partial charge in [-0.2, -0.15) is 0 Å². The highest BCUT2D eigenvalue weighted by atomic mass is 16.6. The molecule has 1 spiro atoms. The number of carbonyl (C=O) groups is 2. The van der Waals surface area contributed by atoms with Gasteiger partial charge in [-0.25, -0.2) is 0 Å². The molecule has 2 bridgehead atoms. The van der Waals surface area contributed by atoms with Gasteiger partial charge in [-0.15, -0.1) is 0 Å². The van der Waals surface area contributed by atoms with E-state index in [2.05, 4.69) is 60.6 Å². The van der Waals surface area contributed by atoms with Crippen molar-refractivity contribution in [2.75, 3.05) is 0 Å². The van der Waals surface area contributed by atoms with E-state index in [1.807, 2.05) is 0 Å². The van der Waals surface area contributed by atoms with Crippen LogP contribution in [0.2, 0.25) is 0 Å². The molecule has 200 valence electrons. The van der Waals surface area contributed by atoms with Gasteiger partial charge in [0.1, 0.15) is 11.7 Å². The highest BCUT2D eigenvalue weighted by Crippen LogP contribution is 2.79. The second-order valence-corrected chi connectivity index (χ2v) is 15.3. The summed E-state index contributed by atoms with van der Waals surface area (Å²) in [5.41, 5.74) is -0.681. The summed E-state index contributed by atoms with van der Waals surface area (Å²) in [6, 6.07) is 0. The van der Waals surface area contributed by atoms with Crippen LogP contribution in [0.5, 0.6) is 0 Å². The zero-order valence-corrected chi connectivity index (χ0v) is 23.9. The topological polar surface area (TPSA) is 52.6 Å². The Kier molecular flexibility index (Phi) is 5.00. The molecule has 3 unspecified atom stereocenters. The average molecular weight is 497 g/mol. The Morgan fingerprint density at radius 3 is 2.39 bits per heavy atom. The SMILES string of the molecule is CC(=O)OC1CC[C@@]2(C)C(CC[C@]3(C)[C@@H]2C=CC24OC(=O)[C@@]5(CC[C@@H](C)[C@H](C)[C@@H]25)CC[C@]43C)C1(C)C. The van der Waals surface area contributed by atoms with E-state index >= 15 is 0 Å². The fraction of sp³-hybridized carbons (Fsp3) is 0.875. The predicted molar refractivity (Wildman–Crippen MR) is 140 cm³/mol. The fourth-order valence-electron chi connectivity index (χ4n) is 11.8. The maximum atomic E-state index is 13.7. The number of rotatable bonds is 1. The Morgan fingerprint density at radius 1 is 0.972 bits per heavy atom. The second kappa shape index (κ2) is 7.20. The van der Waals surface area contributed by atoms with E-state index in [9.17, 15) is 9.59 Å². The standard InChI is InChI=1S/C32H48O4/c1-19-9-15-31-18-17-30(8)29(7)14-10-22-27(4,5)24(35-21(3)33)12-13-28(22,6)23(29)11-16-32(30,36-26(31)34)25(31)20(19)2/h11,16,19-20,22-25H,9-10,12-15,17-18H2,1-8H3/t19-,20+,22?,23-,24?,25-,28+,29-,30+,31+,32?/m1/s1. The van der Waals surface area contributed by atoms with Gasteiger partial charge in [0.15, 0.2) is 0 Å². The molecule has 1 saturated heterocycles. The quantitative estimate of drug-likeness (QED) is 0.287. The van der Waals surface area contributed by atoms with Crippen LogP contribution in [0.1, 0.15) is 107 Å². The molecule has 11 atom stereocenters. The summed E-state index contributed by atoms with van der Waals surface area (Å²) in [6.07, 6.45) is 13.4. The lowest BCUT2D eigenvalue weighted by molar-refractivity contribution is -0.247. The summed E-state index contributed by atoms with van der Waals surface area (Å²) in [6.45, 7) is 18.6. The number of allylic oxidation sites excluding steroid dienone is 1. The lowest BCUT2D eigenvalue weighted by atomic mass is 9.32. The van der Waals surface area contributed by atoms with Crippen LogP contribution in [-0.4, -0.2) is 23.6 Å². The predicted octanol–water partition coefficient (Wildman–Crippen LogP) is 7.11. The molecule has 1 aliphatic heterocycles. The Balaban J connectivity index is 1.46. The zero-order valence-electron chi connectivity index (χ0n) is 23.9. The Morgan fingerprint density at radius 2 is 1.69 bits per heavy atom. The highest BCUT2D eigenvalue weighted by Gasteiger charge is 2.80. The summed E-state index contributed by atoms with van der Waals surface area (Å²) in [4.78, 5) is 25.6. The van der Waals surface area contributed by atoms with Crippen molar-refractivity contribution in [2.45, 2.75) is 118 Å². The molecular formula is C32H48O4. The summed E-state index contributed by atoms with van der Waals surface area (Å²) in [5.74, 6) is 2.27. The van der Waals surface area contributed by atoms with Gasteiger partial charge >= 0.3 is 11.9 Å². The van der Waals surface area contributed by atoms with Gasteiger partial charge in [-0.1, -0.05) is 54.5 Å². The van der Waals surface area contributed by atoms with E-state index in [1.165, 1.54) is 0 Å². The van der Waals surface area contributed by atoms with Crippen molar-refractivity contribution in [3.8, 4) is 0 Å². The normalized spacial score (nSPS) is 56.5. The van der Waals surface area contributed by atoms with Crippen molar-refractivity contribution >= 4 is 11.9 Å². The lowest BCUT2D eigenvalue weighted by Gasteiger charge is -2.72. The van der Waals surface area contributed by atoms with Crippen LogP contribution >= 0.6 is 0 Å². The van der Waals surface area contributed by atoms with E-state index < -0.39 is 5.60 Å². The molecule has 1 heterocycles. The van der Waals surface area contributed by atoms with Crippen molar-refractivity contribution in [2.24, 2.45) is 56.7 Å². The van der Waals surface area contributed by atoms with Crippen molar-refractivity contribution in [1.29, 1.82) is 0 Å². The smallest absolute Gasteiger partial charge is 0.313 e. The number of esters is 2. The van der Waals surface area contributed by atoms with Gasteiger partial charge < -0.3 is 9.47 Å². The molecule has 0 aromatic rings. The van der Waals surface area contributed by atoms with E-state index in [4.69, 9.17) is 9.47 Å². The third-order valence-corrected chi connectivity index (χ3v) is 14.1. The van der Waals surface area contributed by atoms with Gasteiger partial charge in [-0.3, -0.25) is 9.59 Å². The summed E-state index contributed by atoms with van der Waals surface area (Å²) < 4.78 is 12.6. The molecule has 0 aromatic carbocycles. The molecule has 4 nitrogen and oxygen atoms in total. The first kappa shape index (κ1) is 25.0. The molecule has 36 heavy (non-hydrogen) atoms. The van der Waals surface area contributed by atoms with Crippen LogP contribution in [0.3, 0.4) is 0 Å². The second-order valence-electron chi connectivity index (χ2n) is 15.3. The molecule has 6 rings (SSSR count). The summed E-state index contributed by atoms with van der Waals surface area (Å²) >= 11 is 0. The highest BCUT2D eigenvalue weighted by molar-refractivity contribution is 5.82. The van der Waals surface area contributed by atoms with Crippen molar-refractivity contribution in [1.82, 2.24) is 0 Å². The summed E-state index contributed by atoms with van der Waals surface area (Å²) in [5, 5.41) is 0. The van der Waals surface area contributed by atoms with Gasteiger partial charge in [0, 0.05) is 23.7 Å². The first-order valence-corrected chi connectivity index (χ1v) is 14.8. The number of hydrogen-bond acceptors (Lipinski definition) is 4. The maximum absolute atomic E-state index is 13.7. The van der Waals surface area contributed by atoms with Gasteiger partial charge in [0.25, 0.3) is 0 Å². The van der Waals surface area contributed by atoms with Crippen LogP contribution in [0.15, 0.2) is 12.2 Å². The van der Waals surface area contributed by atoms with Crippen LogP contribution in [0.25, 0.3) is 0 Å². The molecular weight excluding hydrogens is 448 g/mol. The number of hydrogen-bond donors (Lipinski definition) is 0. The van der Waals surface area contributed by atoms with Crippen LogP contribution < -0.4 is 0 Å². The number of carbonyl (C=O) groups excluding carboxylic acids is 2. The van der Waals surface area contributed by atoms with Gasteiger partial charge in [-0.05, 0) is 91.9 Å². The third-order valence-electron chi connectivity index (χ3n) is 14.1. The minimum Gasteiger partial charge on any atom is -0.462 e. The van der Waals surface area contributed by atoms with E-state index in [0.29, 0.717) is 23.7 Å². The number of fused-ring (bicyclic) bond motifs is 4. The average Bonchev–Trinajstić information content (AvgIpc) is 2.99. The molecule has 0 aromatic heterocycles. The monoisotopic (exact) mass is 496 g/mol. The minimum absolute atomic E-state index is 0.0115. The van der Waals surface area contributed by atoms with Gasteiger partial charge in [0.05, 0.1) is 5.41 Å². The Hall–Kier alpha value is -1.32. The van der Waals surface area contributed by atoms with Crippen molar-refractivity contribution in [3.05, 3.63) is 12.2 Å². The minimum atomic E-state index is -0.477. The van der Waals surface area contributed by atoms with E-state index in [-0.39, 0.29) is 51.0 Å².